The van der Waals surface area contributed by atoms with Crippen LogP contribution in [-0.2, 0) is 9.53 Å². The molecule has 1 N–H and O–H groups in total. The van der Waals surface area contributed by atoms with Crippen LogP contribution in [0.25, 0.3) is 0 Å². The van der Waals surface area contributed by atoms with Crippen molar-refractivity contribution in [2.45, 2.75) is 38.2 Å². The van der Waals surface area contributed by atoms with Crippen LogP contribution in [0.4, 0.5) is 0 Å². The van der Waals surface area contributed by atoms with Crippen LogP contribution in [0.5, 0.6) is 0 Å². The van der Waals surface area contributed by atoms with Gasteiger partial charge in [0.05, 0.1) is 4.95 Å². The number of carbonyl (C=O) groups is 1. The molecule has 0 rings (SSSR count). The van der Waals surface area contributed by atoms with Crippen LogP contribution in [0.1, 0.15) is 27.7 Å². The third-order valence-corrected chi connectivity index (χ3v) is 1.25. The first-order valence-electron chi connectivity index (χ1n) is 4.05. The molecule has 76 valence electrons. The molecule has 0 aliphatic carbocycles. The summed E-state index contributed by atoms with van der Waals surface area (Å²) >= 11 is 3.24. The number of ether oxygens (including phenoxy) is 1. The average Bonchev–Trinajstić information content (AvgIpc) is 1.81. The Balaban J connectivity index is 4.06. The van der Waals surface area contributed by atoms with Crippen LogP contribution in [-0.4, -0.2) is 16.5 Å². The Labute approximate surface area is 87.7 Å². The molecule has 0 spiro atoms. The molecule has 0 aromatic carbocycles. The van der Waals surface area contributed by atoms with E-state index in [9.17, 15) is 4.79 Å². The molecule has 0 saturated carbocycles. The van der Waals surface area contributed by atoms with Crippen LogP contribution >= 0.6 is 15.9 Å². The molecule has 0 aromatic rings. The second-order valence-electron chi connectivity index (χ2n) is 3.74. The molecule has 1 unspecified atom stereocenters. The van der Waals surface area contributed by atoms with Gasteiger partial charge in [-0.05, 0) is 27.7 Å². The van der Waals surface area contributed by atoms with Crippen molar-refractivity contribution >= 4 is 21.9 Å². The van der Waals surface area contributed by atoms with E-state index in [-0.39, 0.29) is 10.6 Å². The Bertz CT molecular complexity index is 206. The van der Waals surface area contributed by atoms with Gasteiger partial charge in [-0.25, -0.2) is 4.79 Å². The highest BCUT2D eigenvalue weighted by atomic mass is 79.9. The van der Waals surface area contributed by atoms with E-state index >= 15 is 0 Å². The number of hydrogen-bond acceptors (Lipinski definition) is 3. The first-order chi connectivity index (χ1) is 5.72. The van der Waals surface area contributed by atoms with Gasteiger partial charge in [-0.2, -0.15) is 0 Å². The van der Waals surface area contributed by atoms with Crippen molar-refractivity contribution < 1.29 is 9.53 Å². The van der Waals surface area contributed by atoms with Crippen LogP contribution in [0.15, 0.2) is 12.3 Å². The molecular formula is C9H16BrNO2. The summed E-state index contributed by atoms with van der Waals surface area (Å²) in [6, 6.07) is 0. The van der Waals surface area contributed by atoms with Gasteiger partial charge in [-0.15, -0.1) is 0 Å². The van der Waals surface area contributed by atoms with Crippen molar-refractivity contribution in [2.75, 3.05) is 0 Å². The van der Waals surface area contributed by atoms with E-state index in [0.717, 1.165) is 0 Å². The van der Waals surface area contributed by atoms with Crippen molar-refractivity contribution in [3.8, 4) is 0 Å². The highest BCUT2D eigenvalue weighted by molar-refractivity contribution is 9.09. The summed E-state index contributed by atoms with van der Waals surface area (Å²) < 4.78 is 5.08. The Hall–Kier alpha value is -0.510. The molecule has 13 heavy (non-hydrogen) atoms. The molecule has 0 bridgehead atoms. The van der Waals surface area contributed by atoms with Crippen molar-refractivity contribution in [3.63, 3.8) is 0 Å². The van der Waals surface area contributed by atoms with Gasteiger partial charge in [0.2, 0.25) is 0 Å². The molecule has 1 atom stereocenters. The molecule has 0 aromatic heterocycles. The van der Waals surface area contributed by atoms with Gasteiger partial charge in [0.1, 0.15) is 11.3 Å². The molecule has 0 heterocycles. The summed E-state index contributed by atoms with van der Waals surface area (Å²) in [5, 5.41) is 2.81. The number of alkyl halides is 1. The second-order valence-corrected chi connectivity index (χ2v) is 5.11. The van der Waals surface area contributed by atoms with Crippen molar-refractivity contribution in [2.24, 2.45) is 0 Å². The van der Waals surface area contributed by atoms with E-state index in [2.05, 4.69) is 27.8 Å². The Morgan fingerprint density at radius 1 is 1.54 bits per heavy atom. The summed E-state index contributed by atoms with van der Waals surface area (Å²) in [4.78, 5) is 11.3. The Kier molecular flexibility index (Phi) is 4.47. The van der Waals surface area contributed by atoms with Crippen LogP contribution in [0.3, 0.4) is 0 Å². The molecule has 0 aliphatic heterocycles. The molecule has 0 aliphatic rings. The summed E-state index contributed by atoms with van der Waals surface area (Å²) in [5.74, 6) is -0.418. The van der Waals surface area contributed by atoms with Gasteiger partial charge in [0.15, 0.2) is 0 Å². The highest BCUT2D eigenvalue weighted by Gasteiger charge is 2.18. The zero-order valence-corrected chi connectivity index (χ0v) is 10.1. The average molecular weight is 250 g/mol. The van der Waals surface area contributed by atoms with Gasteiger partial charge >= 0.3 is 5.97 Å². The maximum absolute atomic E-state index is 11.3. The molecule has 0 saturated heterocycles. The fraction of sp³-hybridized carbons (Fsp3) is 0.667. The van der Waals surface area contributed by atoms with Gasteiger partial charge in [0.25, 0.3) is 0 Å². The number of nitrogens with one attached hydrogen (secondary N) is 1. The van der Waals surface area contributed by atoms with E-state index < -0.39 is 11.6 Å². The minimum Gasteiger partial charge on any atom is -0.455 e. The summed E-state index contributed by atoms with van der Waals surface area (Å²) in [7, 11) is 0. The second kappa shape index (κ2) is 4.65. The number of carbonyl (C=O) groups excluding carboxylic acids is 1. The lowest BCUT2D eigenvalue weighted by Crippen LogP contribution is -2.31. The molecule has 4 heteroatoms. The van der Waals surface area contributed by atoms with E-state index in [1.807, 2.05) is 27.7 Å². The van der Waals surface area contributed by atoms with Crippen molar-refractivity contribution in [3.05, 3.63) is 12.3 Å². The first kappa shape index (κ1) is 12.5. The molecule has 0 fully saturated rings. The Morgan fingerprint density at radius 2 is 2.00 bits per heavy atom. The smallest absolute Gasteiger partial charge is 0.354 e. The highest BCUT2D eigenvalue weighted by Crippen LogP contribution is 2.09. The zero-order chi connectivity index (χ0) is 10.6. The lowest BCUT2D eigenvalue weighted by Gasteiger charge is -2.21. The summed E-state index contributed by atoms with van der Waals surface area (Å²) in [5.41, 5.74) is -0.212. The first-order valence-corrected chi connectivity index (χ1v) is 4.97. The SMILES string of the molecule is C=C(NC(C)Br)C(=O)OC(C)(C)C. The largest absolute Gasteiger partial charge is 0.455 e. The van der Waals surface area contributed by atoms with Crippen LogP contribution in [0, 0.1) is 0 Å². The third-order valence-electron chi connectivity index (χ3n) is 1.02. The van der Waals surface area contributed by atoms with E-state index in [1.165, 1.54) is 0 Å². The minimum absolute atomic E-state index is 0.00696. The third kappa shape index (κ3) is 6.63. The van der Waals surface area contributed by atoms with Crippen molar-refractivity contribution in [1.82, 2.24) is 5.32 Å². The van der Waals surface area contributed by atoms with E-state index in [4.69, 9.17) is 4.74 Å². The zero-order valence-electron chi connectivity index (χ0n) is 8.48. The molecule has 0 radical (unpaired) electrons. The maximum Gasteiger partial charge on any atom is 0.354 e. The topological polar surface area (TPSA) is 38.3 Å². The number of rotatable bonds is 3. The number of esters is 1. The molecule has 3 nitrogen and oxygen atoms in total. The number of halogens is 1. The van der Waals surface area contributed by atoms with E-state index in [1.54, 1.807) is 0 Å². The van der Waals surface area contributed by atoms with Crippen LogP contribution < -0.4 is 5.32 Å². The normalized spacial score (nSPS) is 13.3. The Morgan fingerprint density at radius 3 is 2.31 bits per heavy atom. The lowest BCUT2D eigenvalue weighted by molar-refractivity contribution is -0.150. The fourth-order valence-electron chi connectivity index (χ4n) is 0.639. The monoisotopic (exact) mass is 249 g/mol. The summed E-state index contributed by atoms with van der Waals surface area (Å²) in [6.07, 6.45) is 0. The maximum atomic E-state index is 11.3. The predicted molar refractivity (Wildman–Crippen MR) is 56.5 cm³/mol. The van der Waals surface area contributed by atoms with Gasteiger partial charge in [-0.1, -0.05) is 22.5 Å². The quantitative estimate of drug-likeness (QED) is 0.361. The summed E-state index contributed by atoms with van der Waals surface area (Å²) in [6.45, 7) is 10.9. The fourth-order valence-corrected chi connectivity index (χ4v) is 0.915. The number of hydrogen-bond donors (Lipinski definition) is 1. The minimum atomic E-state index is -0.475. The van der Waals surface area contributed by atoms with Gasteiger partial charge in [0, 0.05) is 0 Å². The van der Waals surface area contributed by atoms with Gasteiger partial charge < -0.3 is 10.1 Å². The standard InChI is InChI=1S/C9H16BrNO2/c1-6(11-7(2)10)8(12)13-9(3,4)5/h7,11H,1H2,2-5H3. The van der Waals surface area contributed by atoms with E-state index in [0.29, 0.717) is 0 Å². The van der Waals surface area contributed by atoms with Crippen LogP contribution in [0.2, 0.25) is 0 Å². The van der Waals surface area contributed by atoms with Gasteiger partial charge in [-0.3, -0.25) is 0 Å². The van der Waals surface area contributed by atoms with Crippen molar-refractivity contribution in [1.29, 1.82) is 0 Å². The molecular weight excluding hydrogens is 234 g/mol. The molecule has 0 amide bonds. The lowest BCUT2D eigenvalue weighted by atomic mass is 10.2. The predicted octanol–water partition coefficient (Wildman–Crippen LogP) is 2.17.